The summed E-state index contributed by atoms with van der Waals surface area (Å²) in [4.78, 5) is 12.3. The highest BCUT2D eigenvalue weighted by Crippen LogP contribution is 2.20. The monoisotopic (exact) mass is 211 g/mol. The Balaban J connectivity index is 2.72. The Labute approximate surface area is 84.6 Å². The van der Waals surface area contributed by atoms with Crippen LogP contribution < -0.4 is 0 Å². The number of fused-ring (bicyclic) bond motifs is 1. The highest BCUT2D eigenvalue weighted by atomic mass is 35.5. The predicted octanol–water partition coefficient (Wildman–Crippen LogP) is 2.40. The van der Waals surface area contributed by atoms with Gasteiger partial charge in [0.25, 0.3) is 0 Å². The van der Waals surface area contributed by atoms with Crippen LogP contribution in [0, 0.1) is 0 Å². The van der Waals surface area contributed by atoms with Crippen molar-refractivity contribution >= 4 is 34.3 Å². The SMILES string of the molecule is CSc1ncc2c(Cl)nccc2n1. The number of rotatable bonds is 1. The van der Waals surface area contributed by atoms with Crippen LogP contribution in [0.1, 0.15) is 0 Å². The molecule has 0 saturated heterocycles. The van der Waals surface area contributed by atoms with E-state index in [0.29, 0.717) is 5.15 Å². The molecule has 0 aliphatic rings. The Kier molecular flexibility index (Phi) is 2.33. The third kappa shape index (κ3) is 1.59. The van der Waals surface area contributed by atoms with Crippen LogP contribution in [0.3, 0.4) is 0 Å². The summed E-state index contributed by atoms with van der Waals surface area (Å²) in [7, 11) is 0. The second kappa shape index (κ2) is 3.47. The number of hydrogen-bond acceptors (Lipinski definition) is 4. The highest BCUT2D eigenvalue weighted by Gasteiger charge is 2.02. The van der Waals surface area contributed by atoms with E-state index in [0.717, 1.165) is 16.1 Å². The van der Waals surface area contributed by atoms with Crippen molar-refractivity contribution in [2.45, 2.75) is 5.16 Å². The van der Waals surface area contributed by atoms with Gasteiger partial charge in [-0.3, -0.25) is 0 Å². The Bertz CT molecular complexity index is 446. The summed E-state index contributed by atoms with van der Waals surface area (Å²) >= 11 is 7.36. The van der Waals surface area contributed by atoms with Gasteiger partial charge in [0.15, 0.2) is 5.16 Å². The molecule has 0 unspecified atom stereocenters. The molecule has 0 amide bonds. The van der Waals surface area contributed by atoms with Crippen molar-refractivity contribution in [2.24, 2.45) is 0 Å². The lowest BCUT2D eigenvalue weighted by Gasteiger charge is -1.99. The number of halogens is 1. The van der Waals surface area contributed by atoms with Gasteiger partial charge in [-0.25, -0.2) is 15.0 Å². The number of hydrogen-bond donors (Lipinski definition) is 0. The van der Waals surface area contributed by atoms with Gasteiger partial charge in [-0.2, -0.15) is 0 Å². The summed E-state index contributed by atoms with van der Waals surface area (Å²) in [6.45, 7) is 0. The van der Waals surface area contributed by atoms with Gasteiger partial charge in [-0.1, -0.05) is 23.4 Å². The summed E-state index contributed by atoms with van der Waals surface area (Å²) in [5, 5.41) is 1.99. The molecular formula is C8H6ClN3S. The lowest BCUT2D eigenvalue weighted by Crippen LogP contribution is -1.88. The zero-order chi connectivity index (χ0) is 9.26. The average molecular weight is 212 g/mol. The molecule has 0 bridgehead atoms. The van der Waals surface area contributed by atoms with E-state index in [4.69, 9.17) is 11.6 Å². The lowest BCUT2D eigenvalue weighted by atomic mass is 10.3. The molecule has 0 fully saturated rings. The number of pyridine rings is 1. The molecule has 5 heteroatoms. The van der Waals surface area contributed by atoms with E-state index < -0.39 is 0 Å². The van der Waals surface area contributed by atoms with Crippen LogP contribution in [0.4, 0.5) is 0 Å². The van der Waals surface area contributed by atoms with Gasteiger partial charge in [0.05, 0.1) is 10.9 Å². The van der Waals surface area contributed by atoms with E-state index >= 15 is 0 Å². The van der Waals surface area contributed by atoms with Gasteiger partial charge >= 0.3 is 0 Å². The van der Waals surface area contributed by atoms with Gasteiger partial charge < -0.3 is 0 Å². The summed E-state index contributed by atoms with van der Waals surface area (Å²) in [6.07, 6.45) is 5.27. The Hall–Kier alpha value is -0.870. The molecule has 2 rings (SSSR count). The first-order valence-electron chi connectivity index (χ1n) is 3.62. The zero-order valence-electron chi connectivity index (χ0n) is 6.86. The summed E-state index contributed by atoms with van der Waals surface area (Å²) < 4.78 is 0. The smallest absolute Gasteiger partial charge is 0.187 e. The molecule has 2 aromatic rings. The van der Waals surface area contributed by atoms with Crippen molar-refractivity contribution in [3.05, 3.63) is 23.6 Å². The maximum Gasteiger partial charge on any atom is 0.187 e. The van der Waals surface area contributed by atoms with Crippen LogP contribution >= 0.6 is 23.4 Å². The van der Waals surface area contributed by atoms with E-state index in [2.05, 4.69) is 15.0 Å². The summed E-state index contributed by atoms with van der Waals surface area (Å²) in [6, 6.07) is 1.82. The van der Waals surface area contributed by atoms with Crippen molar-refractivity contribution in [3.63, 3.8) is 0 Å². The molecule has 0 radical (unpaired) electrons. The van der Waals surface area contributed by atoms with Gasteiger partial charge in [0.1, 0.15) is 5.15 Å². The molecular weight excluding hydrogens is 206 g/mol. The summed E-state index contributed by atoms with van der Waals surface area (Å²) in [5.74, 6) is 0. The highest BCUT2D eigenvalue weighted by molar-refractivity contribution is 7.98. The molecule has 2 aromatic heterocycles. The first-order chi connectivity index (χ1) is 6.31. The maximum atomic E-state index is 5.85. The van der Waals surface area contributed by atoms with E-state index in [1.54, 1.807) is 12.4 Å². The zero-order valence-corrected chi connectivity index (χ0v) is 8.43. The van der Waals surface area contributed by atoms with Crippen molar-refractivity contribution in [1.82, 2.24) is 15.0 Å². The van der Waals surface area contributed by atoms with E-state index in [-0.39, 0.29) is 0 Å². The topological polar surface area (TPSA) is 38.7 Å². The van der Waals surface area contributed by atoms with Crippen LogP contribution in [0.5, 0.6) is 0 Å². The molecule has 0 saturated carbocycles. The minimum atomic E-state index is 0.449. The lowest BCUT2D eigenvalue weighted by molar-refractivity contribution is 1.00. The first-order valence-corrected chi connectivity index (χ1v) is 5.23. The second-order valence-electron chi connectivity index (χ2n) is 2.39. The number of nitrogens with zero attached hydrogens (tertiary/aromatic N) is 3. The fourth-order valence-corrected chi connectivity index (χ4v) is 1.55. The standard InChI is InChI=1S/C8H6ClN3S/c1-13-8-11-4-5-6(12-8)2-3-10-7(5)9/h2-4H,1H3. The van der Waals surface area contributed by atoms with Crippen molar-refractivity contribution < 1.29 is 0 Å². The minimum absolute atomic E-state index is 0.449. The van der Waals surface area contributed by atoms with Crippen LogP contribution in [-0.4, -0.2) is 21.2 Å². The number of thioether (sulfide) groups is 1. The molecule has 66 valence electrons. The molecule has 3 nitrogen and oxygen atoms in total. The molecule has 0 aromatic carbocycles. The molecule has 0 atom stereocenters. The Morgan fingerprint density at radius 2 is 2.23 bits per heavy atom. The predicted molar refractivity (Wildman–Crippen MR) is 54.1 cm³/mol. The van der Waals surface area contributed by atoms with Crippen LogP contribution in [0.2, 0.25) is 5.15 Å². The van der Waals surface area contributed by atoms with Gasteiger partial charge in [-0.15, -0.1) is 0 Å². The van der Waals surface area contributed by atoms with E-state index in [1.165, 1.54) is 11.8 Å². The molecule has 2 heterocycles. The van der Waals surface area contributed by atoms with Crippen molar-refractivity contribution in [3.8, 4) is 0 Å². The van der Waals surface area contributed by atoms with Crippen LogP contribution in [0.15, 0.2) is 23.6 Å². The van der Waals surface area contributed by atoms with E-state index in [9.17, 15) is 0 Å². The van der Waals surface area contributed by atoms with Crippen LogP contribution in [-0.2, 0) is 0 Å². The Morgan fingerprint density at radius 1 is 1.38 bits per heavy atom. The van der Waals surface area contributed by atoms with Crippen molar-refractivity contribution in [1.29, 1.82) is 0 Å². The first kappa shape index (κ1) is 8.72. The third-order valence-corrected chi connectivity index (χ3v) is 2.48. The van der Waals surface area contributed by atoms with E-state index in [1.807, 2.05) is 12.3 Å². The van der Waals surface area contributed by atoms with Gasteiger partial charge in [-0.05, 0) is 12.3 Å². The molecule has 0 aliphatic heterocycles. The second-order valence-corrected chi connectivity index (χ2v) is 3.52. The van der Waals surface area contributed by atoms with Gasteiger partial charge in [0, 0.05) is 12.4 Å². The largest absolute Gasteiger partial charge is 0.244 e. The fourth-order valence-electron chi connectivity index (χ4n) is 1.01. The van der Waals surface area contributed by atoms with Crippen molar-refractivity contribution in [2.75, 3.05) is 6.26 Å². The molecule has 0 aliphatic carbocycles. The number of aromatic nitrogens is 3. The minimum Gasteiger partial charge on any atom is -0.244 e. The normalized spacial score (nSPS) is 10.6. The molecule has 13 heavy (non-hydrogen) atoms. The third-order valence-electron chi connectivity index (χ3n) is 1.62. The maximum absolute atomic E-state index is 5.85. The Morgan fingerprint density at radius 3 is 3.00 bits per heavy atom. The quantitative estimate of drug-likeness (QED) is 0.413. The van der Waals surface area contributed by atoms with Gasteiger partial charge in [0.2, 0.25) is 0 Å². The summed E-state index contributed by atoms with van der Waals surface area (Å²) in [5.41, 5.74) is 0.833. The molecule has 0 spiro atoms. The molecule has 0 N–H and O–H groups in total. The fraction of sp³-hybridized carbons (Fsp3) is 0.125. The van der Waals surface area contributed by atoms with Crippen LogP contribution in [0.25, 0.3) is 10.9 Å². The average Bonchev–Trinajstić information content (AvgIpc) is 2.18.